The second kappa shape index (κ2) is 10.5. The normalized spacial score (nSPS) is 13.9. The molecule has 0 atom stereocenters. The molecule has 0 fully saturated rings. The molecule has 0 aliphatic heterocycles. The van der Waals surface area contributed by atoms with Gasteiger partial charge in [-0.25, -0.2) is 5.43 Å². The standard InChI is InChI=1S/C29H27N3O4/c1-20-26-23(30-31-28(33)25-16-9-17-35-25)14-8-15-24(26)36-27(20)29(34)32(18-21-10-4-2-5-11-21)19-22-12-6-3-7-13-22/h2-7,9-13,16-17H,8,14-15,18-19H2,1H3,(H,31,33)/b30-23+. The number of aryl methyl sites for hydroxylation is 1. The highest BCUT2D eigenvalue weighted by Crippen LogP contribution is 2.31. The van der Waals surface area contributed by atoms with Gasteiger partial charge in [-0.1, -0.05) is 60.7 Å². The van der Waals surface area contributed by atoms with Gasteiger partial charge in [0.1, 0.15) is 5.76 Å². The van der Waals surface area contributed by atoms with Gasteiger partial charge in [-0.15, -0.1) is 0 Å². The fourth-order valence-corrected chi connectivity index (χ4v) is 4.52. The van der Waals surface area contributed by atoms with Crippen LogP contribution in [0.2, 0.25) is 0 Å². The second-order valence-electron chi connectivity index (χ2n) is 8.82. The van der Waals surface area contributed by atoms with Gasteiger partial charge in [0.25, 0.3) is 5.91 Å². The predicted octanol–water partition coefficient (Wildman–Crippen LogP) is 5.49. The molecule has 182 valence electrons. The van der Waals surface area contributed by atoms with Crippen molar-refractivity contribution in [1.29, 1.82) is 0 Å². The minimum atomic E-state index is -0.422. The molecule has 0 spiro atoms. The Balaban J connectivity index is 1.44. The maximum Gasteiger partial charge on any atom is 0.307 e. The van der Waals surface area contributed by atoms with Crippen molar-refractivity contribution in [1.82, 2.24) is 10.3 Å². The van der Waals surface area contributed by atoms with Gasteiger partial charge in [-0.05, 0) is 43.0 Å². The maximum absolute atomic E-state index is 13.8. The molecule has 36 heavy (non-hydrogen) atoms. The minimum Gasteiger partial charge on any atom is -0.459 e. The maximum atomic E-state index is 13.8. The highest BCUT2D eigenvalue weighted by atomic mass is 16.4. The number of carbonyl (C=O) groups excluding carboxylic acids is 2. The number of furan rings is 2. The van der Waals surface area contributed by atoms with E-state index in [2.05, 4.69) is 10.5 Å². The van der Waals surface area contributed by atoms with E-state index in [1.54, 1.807) is 17.0 Å². The van der Waals surface area contributed by atoms with Crippen LogP contribution in [0.3, 0.4) is 0 Å². The number of carbonyl (C=O) groups is 2. The van der Waals surface area contributed by atoms with E-state index in [9.17, 15) is 9.59 Å². The van der Waals surface area contributed by atoms with Crippen LogP contribution in [-0.2, 0) is 19.5 Å². The van der Waals surface area contributed by atoms with Crippen molar-refractivity contribution in [3.8, 4) is 0 Å². The molecular weight excluding hydrogens is 454 g/mol. The van der Waals surface area contributed by atoms with Crippen molar-refractivity contribution in [3.05, 3.63) is 119 Å². The number of rotatable bonds is 7. The number of nitrogens with one attached hydrogen (secondary N) is 1. The average molecular weight is 482 g/mol. The highest BCUT2D eigenvalue weighted by Gasteiger charge is 2.30. The summed E-state index contributed by atoms with van der Waals surface area (Å²) < 4.78 is 11.3. The van der Waals surface area contributed by atoms with Crippen molar-refractivity contribution < 1.29 is 18.4 Å². The summed E-state index contributed by atoms with van der Waals surface area (Å²) in [5.74, 6) is 0.640. The summed E-state index contributed by atoms with van der Waals surface area (Å²) in [5, 5.41) is 4.37. The number of hydrazone groups is 1. The number of nitrogens with zero attached hydrogens (tertiary/aromatic N) is 2. The van der Waals surface area contributed by atoms with Crippen LogP contribution in [-0.4, -0.2) is 22.4 Å². The van der Waals surface area contributed by atoms with Crippen molar-refractivity contribution in [2.45, 2.75) is 39.3 Å². The lowest BCUT2D eigenvalue weighted by Gasteiger charge is -2.22. The smallest absolute Gasteiger partial charge is 0.307 e. The van der Waals surface area contributed by atoms with Crippen LogP contribution in [0.15, 0.2) is 93.0 Å². The van der Waals surface area contributed by atoms with Crippen LogP contribution in [0.5, 0.6) is 0 Å². The molecule has 4 aromatic rings. The molecule has 2 aromatic heterocycles. The van der Waals surface area contributed by atoms with Crippen molar-refractivity contribution >= 4 is 17.5 Å². The van der Waals surface area contributed by atoms with Crippen molar-refractivity contribution in [3.63, 3.8) is 0 Å². The molecule has 0 saturated carbocycles. The van der Waals surface area contributed by atoms with E-state index in [0.717, 1.165) is 34.4 Å². The molecule has 0 radical (unpaired) electrons. The molecule has 1 aliphatic carbocycles. The minimum absolute atomic E-state index is 0.173. The molecule has 2 amide bonds. The molecule has 7 heteroatoms. The Morgan fingerprint density at radius 1 is 0.917 bits per heavy atom. The molecule has 5 rings (SSSR count). The van der Waals surface area contributed by atoms with Crippen LogP contribution in [0.4, 0.5) is 0 Å². The van der Waals surface area contributed by atoms with Gasteiger partial charge in [0.05, 0.1) is 12.0 Å². The van der Waals surface area contributed by atoms with Crippen LogP contribution in [0.25, 0.3) is 0 Å². The molecule has 1 aliphatic rings. The molecule has 7 nitrogen and oxygen atoms in total. The number of hydrogen-bond donors (Lipinski definition) is 1. The van der Waals surface area contributed by atoms with Crippen molar-refractivity contribution in [2.75, 3.05) is 0 Å². The summed E-state index contributed by atoms with van der Waals surface area (Å²) in [6, 6.07) is 23.1. The van der Waals surface area contributed by atoms with Gasteiger partial charge >= 0.3 is 5.91 Å². The third kappa shape index (κ3) is 5.00. The Kier molecular flexibility index (Phi) is 6.80. The van der Waals surface area contributed by atoms with Gasteiger partial charge < -0.3 is 13.7 Å². The van der Waals surface area contributed by atoms with Gasteiger partial charge in [0.2, 0.25) is 0 Å². The van der Waals surface area contributed by atoms with E-state index in [4.69, 9.17) is 8.83 Å². The lowest BCUT2D eigenvalue weighted by Crippen LogP contribution is -2.30. The van der Waals surface area contributed by atoms with Gasteiger partial charge in [0.15, 0.2) is 11.5 Å². The fourth-order valence-electron chi connectivity index (χ4n) is 4.52. The van der Waals surface area contributed by atoms with Crippen molar-refractivity contribution in [2.24, 2.45) is 5.10 Å². The Bertz CT molecular complexity index is 1330. The van der Waals surface area contributed by atoms with Crippen LogP contribution >= 0.6 is 0 Å². The van der Waals surface area contributed by atoms with Gasteiger partial charge in [-0.3, -0.25) is 9.59 Å². The van der Waals surface area contributed by atoms with Gasteiger partial charge in [0, 0.05) is 30.6 Å². The number of hydrogen-bond acceptors (Lipinski definition) is 5. The largest absolute Gasteiger partial charge is 0.459 e. The third-order valence-corrected chi connectivity index (χ3v) is 6.28. The zero-order chi connectivity index (χ0) is 24.9. The predicted molar refractivity (Wildman–Crippen MR) is 136 cm³/mol. The topological polar surface area (TPSA) is 88.0 Å². The Morgan fingerprint density at radius 3 is 2.19 bits per heavy atom. The molecule has 0 saturated heterocycles. The summed E-state index contributed by atoms with van der Waals surface area (Å²) in [6.07, 6.45) is 3.65. The summed E-state index contributed by atoms with van der Waals surface area (Å²) in [7, 11) is 0. The molecular formula is C29H27N3O4. The van der Waals surface area contributed by atoms with E-state index in [1.165, 1.54) is 6.26 Å². The third-order valence-electron chi connectivity index (χ3n) is 6.28. The lowest BCUT2D eigenvalue weighted by atomic mass is 9.93. The Labute approximate surface area is 209 Å². The van der Waals surface area contributed by atoms with Gasteiger partial charge in [-0.2, -0.15) is 5.10 Å². The SMILES string of the molecule is Cc1c(C(=O)N(Cc2ccccc2)Cc2ccccc2)oc2c1/C(=N/NC(=O)c1ccco1)CCC2. The highest BCUT2D eigenvalue weighted by molar-refractivity contribution is 6.07. The summed E-state index contributed by atoms with van der Waals surface area (Å²) >= 11 is 0. The zero-order valence-corrected chi connectivity index (χ0v) is 20.1. The summed E-state index contributed by atoms with van der Waals surface area (Å²) in [4.78, 5) is 27.9. The first kappa shape index (κ1) is 23.4. The summed E-state index contributed by atoms with van der Waals surface area (Å²) in [5.41, 5.74) is 6.90. The van der Waals surface area contributed by atoms with Crippen LogP contribution < -0.4 is 5.43 Å². The number of amides is 2. The molecule has 0 unspecified atom stereocenters. The van der Waals surface area contributed by atoms with Crippen LogP contribution in [0.1, 0.15) is 62.0 Å². The first-order chi connectivity index (χ1) is 17.6. The Hall–Kier alpha value is -4.39. The first-order valence-electron chi connectivity index (χ1n) is 12.0. The zero-order valence-electron chi connectivity index (χ0n) is 20.1. The Morgan fingerprint density at radius 2 is 1.58 bits per heavy atom. The second-order valence-corrected chi connectivity index (χ2v) is 8.82. The van der Waals surface area contributed by atoms with Crippen LogP contribution in [0, 0.1) is 6.92 Å². The summed E-state index contributed by atoms with van der Waals surface area (Å²) in [6.45, 7) is 2.80. The number of fused-ring (bicyclic) bond motifs is 1. The van der Waals surface area contributed by atoms with E-state index in [-0.39, 0.29) is 11.7 Å². The monoisotopic (exact) mass is 481 g/mol. The molecule has 1 N–H and O–H groups in total. The number of benzene rings is 2. The molecule has 2 heterocycles. The lowest BCUT2D eigenvalue weighted by molar-refractivity contribution is 0.0694. The van der Waals surface area contributed by atoms with E-state index < -0.39 is 5.91 Å². The van der Waals surface area contributed by atoms with E-state index >= 15 is 0 Å². The van der Waals surface area contributed by atoms with E-state index in [0.29, 0.717) is 37.4 Å². The fraction of sp³-hybridized carbons (Fsp3) is 0.207. The average Bonchev–Trinajstić information content (AvgIpc) is 3.57. The first-order valence-corrected chi connectivity index (χ1v) is 12.0. The molecule has 2 aromatic carbocycles. The van der Waals surface area contributed by atoms with E-state index in [1.807, 2.05) is 67.6 Å². The molecule has 0 bridgehead atoms. The quantitative estimate of drug-likeness (QED) is 0.353.